The van der Waals surface area contributed by atoms with Gasteiger partial charge < -0.3 is 30.9 Å². The molecule has 0 aromatic carbocycles. The van der Waals surface area contributed by atoms with Gasteiger partial charge in [0.15, 0.2) is 0 Å². The zero-order valence-corrected chi connectivity index (χ0v) is 43.6. The first-order valence-electron chi connectivity index (χ1n) is 28.7. The van der Waals surface area contributed by atoms with Crippen molar-refractivity contribution in [2.75, 3.05) is 81.5 Å². The van der Waals surface area contributed by atoms with Gasteiger partial charge in [0.2, 0.25) is 17.8 Å². The lowest BCUT2D eigenvalue weighted by atomic mass is 10.1. The molecule has 0 aliphatic rings. The van der Waals surface area contributed by atoms with Gasteiger partial charge in [-0.25, -0.2) is 0 Å². The fourth-order valence-electron chi connectivity index (χ4n) is 9.04. The maximum absolute atomic E-state index is 9.52. The van der Waals surface area contributed by atoms with E-state index in [1.54, 1.807) is 0 Å². The minimum atomic E-state index is 0.0404. The highest BCUT2D eigenvalue weighted by molar-refractivity contribution is 5.42. The van der Waals surface area contributed by atoms with Gasteiger partial charge in [-0.15, -0.1) is 0 Å². The lowest BCUT2D eigenvalue weighted by Gasteiger charge is -2.23. The Morgan fingerprint density at radius 2 is 0.484 bits per heavy atom. The van der Waals surface area contributed by atoms with Crippen LogP contribution in [0.15, 0.2) is 0 Å². The summed E-state index contributed by atoms with van der Waals surface area (Å²) in [5.41, 5.74) is 0. The van der Waals surface area contributed by atoms with Crippen molar-refractivity contribution >= 4 is 17.8 Å². The summed E-state index contributed by atoms with van der Waals surface area (Å²) in [5, 5.41) is 19.8. The van der Waals surface area contributed by atoms with Crippen LogP contribution in [0.3, 0.4) is 0 Å². The van der Waals surface area contributed by atoms with Crippen molar-refractivity contribution in [1.82, 2.24) is 24.8 Å². The highest BCUT2D eigenvalue weighted by Crippen LogP contribution is 2.16. The summed E-state index contributed by atoms with van der Waals surface area (Å²) in [5.74, 6) is 1.74. The van der Waals surface area contributed by atoms with Crippen LogP contribution in [0.1, 0.15) is 272 Å². The fourth-order valence-corrected chi connectivity index (χ4v) is 9.04. The maximum atomic E-state index is 9.52. The largest absolute Gasteiger partial charge is 0.395 e. The van der Waals surface area contributed by atoms with E-state index < -0.39 is 0 Å². The molecular formula is C55H112N8O. The first-order valence-corrected chi connectivity index (χ1v) is 28.7. The number of aromatic nitrogens is 3. The van der Waals surface area contributed by atoms with Gasteiger partial charge in [0.25, 0.3) is 0 Å². The van der Waals surface area contributed by atoms with E-state index >= 15 is 0 Å². The molecule has 9 heteroatoms. The van der Waals surface area contributed by atoms with Crippen LogP contribution in [-0.4, -0.2) is 95.4 Å². The third-order valence-corrected chi connectivity index (χ3v) is 13.2. The number of rotatable bonds is 53. The topological polar surface area (TPSA) is 101 Å². The van der Waals surface area contributed by atoms with E-state index in [4.69, 9.17) is 4.98 Å². The molecule has 0 bridgehead atoms. The summed E-state index contributed by atoms with van der Waals surface area (Å²) in [6.45, 7) is 18.4. The van der Waals surface area contributed by atoms with Gasteiger partial charge in [0, 0.05) is 19.6 Å². The van der Waals surface area contributed by atoms with E-state index in [1.165, 1.54) is 257 Å². The molecule has 1 aromatic heterocycles. The molecule has 0 amide bonds. The Morgan fingerprint density at radius 1 is 0.281 bits per heavy atom. The van der Waals surface area contributed by atoms with E-state index in [-0.39, 0.29) is 6.61 Å². The Labute approximate surface area is 399 Å². The average molecular weight is 902 g/mol. The third-order valence-electron chi connectivity index (χ3n) is 13.2. The van der Waals surface area contributed by atoms with Gasteiger partial charge in [-0.2, -0.15) is 15.0 Å². The summed E-state index contributed by atoms with van der Waals surface area (Å²) >= 11 is 0. The van der Waals surface area contributed by atoms with Crippen LogP contribution in [0.25, 0.3) is 0 Å². The highest BCUT2D eigenvalue weighted by atomic mass is 16.3. The number of aliphatic hydroxyl groups is 1. The second-order valence-electron chi connectivity index (χ2n) is 19.5. The van der Waals surface area contributed by atoms with Crippen molar-refractivity contribution in [3.63, 3.8) is 0 Å². The first kappa shape index (κ1) is 60.3. The van der Waals surface area contributed by atoms with Crippen LogP contribution in [0.2, 0.25) is 0 Å². The Balaban J connectivity index is 2.64. The van der Waals surface area contributed by atoms with Gasteiger partial charge in [0.05, 0.1) is 6.61 Å². The van der Waals surface area contributed by atoms with Gasteiger partial charge in [-0.1, -0.05) is 233 Å². The van der Waals surface area contributed by atoms with Crippen LogP contribution >= 0.6 is 0 Å². The highest BCUT2D eigenvalue weighted by Gasteiger charge is 2.10. The van der Waals surface area contributed by atoms with Crippen LogP contribution in [0.5, 0.6) is 0 Å². The van der Waals surface area contributed by atoms with Gasteiger partial charge in [-0.05, 0) is 77.8 Å². The molecule has 0 fully saturated rings. The standard InChI is InChI=1S/C55H112N8O/c1-5-9-13-17-21-25-29-33-37-46-62(47-38-34-30-26-22-18-14-10-6-2)50-41-43-56-53-59-54(61-55(60-53)58-45-52-64)57-44-42-51-63(48-39-35-31-27-23-19-15-11-7-3)49-40-36-32-28-24-20-16-12-8-4/h64H,5-52H2,1-4H3,(H3,56,57,58,59,60,61). The molecule has 4 N–H and O–H groups in total. The Bertz CT molecular complexity index is 945. The molecule has 0 saturated carbocycles. The molecule has 1 rings (SSSR count). The van der Waals surface area contributed by atoms with Crippen LogP contribution in [0.4, 0.5) is 17.8 Å². The second-order valence-corrected chi connectivity index (χ2v) is 19.5. The van der Waals surface area contributed by atoms with Crippen LogP contribution in [-0.2, 0) is 0 Å². The summed E-state index contributed by atoms with van der Waals surface area (Å²) < 4.78 is 0. The fraction of sp³-hybridized carbons (Fsp3) is 0.945. The zero-order valence-electron chi connectivity index (χ0n) is 43.6. The number of nitrogens with one attached hydrogen (secondary N) is 3. The monoisotopic (exact) mass is 901 g/mol. The molecule has 9 nitrogen and oxygen atoms in total. The molecular weight excluding hydrogens is 789 g/mol. The maximum Gasteiger partial charge on any atom is 0.229 e. The number of hydrogen-bond acceptors (Lipinski definition) is 9. The second kappa shape index (κ2) is 49.2. The Kier molecular flexibility index (Phi) is 46.4. The zero-order chi connectivity index (χ0) is 46.1. The van der Waals surface area contributed by atoms with Gasteiger partial charge in [-0.3, -0.25) is 0 Å². The molecule has 1 aromatic rings. The molecule has 0 aliphatic carbocycles. The van der Waals surface area contributed by atoms with E-state index in [2.05, 4.69) is 63.4 Å². The molecule has 0 aliphatic heterocycles. The molecule has 64 heavy (non-hydrogen) atoms. The quantitative estimate of drug-likeness (QED) is 0.0476. The molecule has 378 valence electrons. The third kappa shape index (κ3) is 40.6. The molecule has 1 heterocycles. The van der Waals surface area contributed by atoms with E-state index in [0.717, 1.165) is 39.0 Å². The van der Waals surface area contributed by atoms with Crippen molar-refractivity contribution < 1.29 is 5.11 Å². The van der Waals surface area contributed by atoms with E-state index in [1.807, 2.05) is 0 Å². The summed E-state index contributed by atoms with van der Waals surface area (Å²) in [6.07, 6.45) is 51.9. The lowest BCUT2D eigenvalue weighted by Crippen LogP contribution is -2.29. The van der Waals surface area contributed by atoms with Gasteiger partial charge >= 0.3 is 0 Å². The average Bonchev–Trinajstić information content (AvgIpc) is 3.30. The van der Waals surface area contributed by atoms with Crippen molar-refractivity contribution in [2.45, 2.75) is 272 Å². The molecule has 0 unspecified atom stereocenters. The van der Waals surface area contributed by atoms with E-state index in [0.29, 0.717) is 24.4 Å². The predicted molar refractivity (Wildman–Crippen MR) is 283 cm³/mol. The number of aliphatic hydroxyl groups excluding tert-OH is 1. The minimum absolute atomic E-state index is 0.0404. The first-order chi connectivity index (χ1) is 31.7. The van der Waals surface area contributed by atoms with E-state index in [9.17, 15) is 5.11 Å². The van der Waals surface area contributed by atoms with Crippen molar-refractivity contribution in [2.24, 2.45) is 0 Å². The molecule has 0 atom stereocenters. The van der Waals surface area contributed by atoms with Gasteiger partial charge in [0.1, 0.15) is 0 Å². The summed E-state index contributed by atoms with van der Waals surface area (Å²) in [4.78, 5) is 19.6. The van der Waals surface area contributed by atoms with Crippen molar-refractivity contribution in [3.8, 4) is 0 Å². The SMILES string of the molecule is CCCCCCCCCCCN(CCCCCCCCCCC)CCCNc1nc(NCCO)nc(NCCCN(CCCCCCCCCCC)CCCCCCCCCCC)n1. The minimum Gasteiger partial charge on any atom is -0.395 e. The van der Waals surface area contributed by atoms with Crippen molar-refractivity contribution in [1.29, 1.82) is 0 Å². The van der Waals surface area contributed by atoms with Crippen molar-refractivity contribution in [3.05, 3.63) is 0 Å². The smallest absolute Gasteiger partial charge is 0.229 e. The number of unbranched alkanes of at least 4 members (excludes halogenated alkanes) is 32. The molecule has 0 radical (unpaired) electrons. The van der Waals surface area contributed by atoms with Crippen LogP contribution < -0.4 is 16.0 Å². The predicted octanol–water partition coefficient (Wildman–Crippen LogP) is 15.6. The van der Waals surface area contributed by atoms with Crippen LogP contribution in [0, 0.1) is 0 Å². The number of nitrogens with zero attached hydrogens (tertiary/aromatic N) is 5. The molecule has 0 spiro atoms. The summed E-state index contributed by atoms with van der Waals surface area (Å²) in [6, 6.07) is 0. The molecule has 0 saturated heterocycles. The lowest BCUT2D eigenvalue weighted by molar-refractivity contribution is 0.259. The normalized spacial score (nSPS) is 11.7. The summed E-state index contributed by atoms with van der Waals surface area (Å²) in [7, 11) is 0. The Hall–Kier alpha value is -1.71. The Morgan fingerprint density at radius 3 is 0.719 bits per heavy atom. The number of anilines is 3. The number of hydrogen-bond donors (Lipinski definition) is 4.